The Balaban J connectivity index is 2.28. The van der Waals surface area contributed by atoms with Gasteiger partial charge in [-0.15, -0.1) is 0 Å². The van der Waals surface area contributed by atoms with Gasteiger partial charge in [-0.3, -0.25) is 4.79 Å². The van der Waals surface area contributed by atoms with E-state index in [1.807, 2.05) is 21.1 Å². The molecule has 1 aliphatic rings. The van der Waals surface area contributed by atoms with Crippen molar-refractivity contribution in [3.63, 3.8) is 0 Å². The monoisotopic (exact) mass is 227 g/mol. The minimum absolute atomic E-state index is 0.225. The maximum Gasteiger partial charge on any atom is 0.223 e. The summed E-state index contributed by atoms with van der Waals surface area (Å²) in [5.74, 6) is 0.900. The molecule has 1 rings (SSSR count). The van der Waals surface area contributed by atoms with E-state index in [0.717, 1.165) is 19.6 Å². The van der Waals surface area contributed by atoms with Gasteiger partial charge < -0.3 is 15.1 Å². The van der Waals surface area contributed by atoms with E-state index in [1.165, 1.54) is 6.42 Å². The summed E-state index contributed by atoms with van der Waals surface area (Å²) in [6, 6.07) is 0.640. The van der Waals surface area contributed by atoms with Crippen LogP contribution in [-0.4, -0.2) is 62.5 Å². The summed E-state index contributed by atoms with van der Waals surface area (Å²) < 4.78 is 0. The zero-order valence-electron chi connectivity index (χ0n) is 11.0. The summed E-state index contributed by atoms with van der Waals surface area (Å²) in [7, 11) is 5.67. The third-order valence-corrected chi connectivity index (χ3v) is 3.50. The number of amides is 1. The molecule has 0 saturated carbocycles. The number of nitrogens with one attached hydrogen (secondary N) is 1. The van der Waals surface area contributed by atoms with E-state index in [-0.39, 0.29) is 5.91 Å². The number of hydrogen-bond acceptors (Lipinski definition) is 3. The fourth-order valence-corrected chi connectivity index (χ4v) is 2.34. The highest BCUT2D eigenvalue weighted by molar-refractivity contribution is 5.75. The minimum Gasteiger partial charge on any atom is -0.349 e. The van der Waals surface area contributed by atoms with E-state index in [4.69, 9.17) is 0 Å². The predicted molar refractivity (Wildman–Crippen MR) is 66.4 cm³/mol. The summed E-state index contributed by atoms with van der Waals surface area (Å²) in [4.78, 5) is 15.5. The van der Waals surface area contributed by atoms with E-state index in [0.29, 0.717) is 18.4 Å². The highest BCUT2D eigenvalue weighted by atomic mass is 16.2. The van der Waals surface area contributed by atoms with E-state index in [2.05, 4.69) is 17.1 Å². The Hall–Kier alpha value is -0.610. The van der Waals surface area contributed by atoms with Gasteiger partial charge in [-0.2, -0.15) is 0 Å². The van der Waals surface area contributed by atoms with Crippen molar-refractivity contribution in [1.29, 1.82) is 0 Å². The number of piperidine rings is 1. The second kappa shape index (κ2) is 6.21. The van der Waals surface area contributed by atoms with Crippen LogP contribution in [0.3, 0.4) is 0 Å². The molecule has 0 bridgehead atoms. The normalized spacial score (nSPS) is 26.8. The molecule has 16 heavy (non-hydrogen) atoms. The van der Waals surface area contributed by atoms with Crippen LogP contribution >= 0.6 is 0 Å². The van der Waals surface area contributed by atoms with Crippen molar-refractivity contribution in [2.24, 2.45) is 5.92 Å². The molecule has 0 aromatic heterocycles. The van der Waals surface area contributed by atoms with Crippen LogP contribution < -0.4 is 5.32 Å². The Kier molecular flexibility index (Phi) is 5.22. The van der Waals surface area contributed by atoms with Crippen LogP contribution in [0.4, 0.5) is 0 Å². The first-order valence-corrected chi connectivity index (χ1v) is 6.14. The molecule has 2 unspecified atom stereocenters. The third-order valence-electron chi connectivity index (χ3n) is 3.50. The summed E-state index contributed by atoms with van der Waals surface area (Å²) in [6.45, 7) is 5.39. The fraction of sp³-hybridized carbons (Fsp3) is 0.917. The Morgan fingerprint density at radius 3 is 2.69 bits per heavy atom. The van der Waals surface area contributed by atoms with E-state index in [1.54, 1.807) is 4.90 Å². The van der Waals surface area contributed by atoms with Gasteiger partial charge in [0.25, 0.3) is 0 Å². The molecule has 1 saturated heterocycles. The molecule has 1 aliphatic heterocycles. The van der Waals surface area contributed by atoms with E-state index < -0.39 is 0 Å². The maximum atomic E-state index is 11.5. The van der Waals surface area contributed by atoms with Crippen molar-refractivity contribution in [3.8, 4) is 0 Å². The van der Waals surface area contributed by atoms with Crippen LogP contribution in [0.1, 0.15) is 19.8 Å². The lowest BCUT2D eigenvalue weighted by Gasteiger charge is -2.36. The summed E-state index contributed by atoms with van der Waals surface area (Å²) in [5, 5.41) is 3.36. The second-order valence-corrected chi connectivity index (χ2v) is 5.00. The highest BCUT2D eigenvalue weighted by Crippen LogP contribution is 2.16. The predicted octanol–water partition coefficient (Wildman–Crippen LogP) is 0.395. The van der Waals surface area contributed by atoms with Gasteiger partial charge >= 0.3 is 0 Å². The second-order valence-electron chi connectivity index (χ2n) is 5.00. The quantitative estimate of drug-likeness (QED) is 0.755. The van der Waals surface area contributed by atoms with Crippen molar-refractivity contribution >= 4 is 5.91 Å². The number of nitrogens with zero attached hydrogens (tertiary/aromatic N) is 2. The summed E-state index contributed by atoms with van der Waals surface area (Å²) in [6.07, 6.45) is 1.83. The SMILES string of the molecule is CNC1CCN(CCC(=O)N(C)C)CC1C. The van der Waals surface area contributed by atoms with Crippen LogP contribution in [-0.2, 0) is 4.79 Å². The van der Waals surface area contributed by atoms with Gasteiger partial charge in [-0.05, 0) is 25.9 Å². The smallest absolute Gasteiger partial charge is 0.223 e. The molecule has 0 radical (unpaired) electrons. The van der Waals surface area contributed by atoms with E-state index in [9.17, 15) is 4.79 Å². The third kappa shape index (κ3) is 3.76. The molecule has 1 fully saturated rings. The number of carbonyl (C=O) groups is 1. The lowest BCUT2D eigenvalue weighted by molar-refractivity contribution is -0.129. The maximum absolute atomic E-state index is 11.5. The van der Waals surface area contributed by atoms with Crippen LogP contribution in [0.5, 0.6) is 0 Å². The van der Waals surface area contributed by atoms with Gasteiger partial charge in [0.2, 0.25) is 5.91 Å². The number of likely N-dealkylation sites (tertiary alicyclic amines) is 1. The zero-order valence-corrected chi connectivity index (χ0v) is 11.0. The number of carbonyl (C=O) groups excluding carboxylic acids is 1. The van der Waals surface area contributed by atoms with Crippen molar-refractivity contribution in [1.82, 2.24) is 15.1 Å². The lowest BCUT2D eigenvalue weighted by atomic mass is 9.94. The molecule has 1 N–H and O–H groups in total. The summed E-state index contributed by atoms with van der Waals surface area (Å²) >= 11 is 0. The Labute approximate surface area is 99.0 Å². The van der Waals surface area contributed by atoms with Crippen LogP contribution in [0.2, 0.25) is 0 Å². The Morgan fingerprint density at radius 2 is 2.19 bits per heavy atom. The largest absolute Gasteiger partial charge is 0.349 e. The van der Waals surface area contributed by atoms with Gasteiger partial charge in [0.15, 0.2) is 0 Å². The molecule has 1 heterocycles. The van der Waals surface area contributed by atoms with E-state index >= 15 is 0 Å². The summed E-state index contributed by atoms with van der Waals surface area (Å²) in [5.41, 5.74) is 0. The molecule has 4 heteroatoms. The Morgan fingerprint density at radius 1 is 1.50 bits per heavy atom. The first-order valence-electron chi connectivity index (χ1n) is 6.14. The average molecular weight is 227 g/mol. The zero-order chi connectivity index (χ0) is 12.1. The highest BCUT2D eigenvalue weighted by Gasteiger charge is 2.24. The Bertz CT molecular complexity index is 230. The van der Waals surface area contributed by atoms with Crippen molar-refractivity contribution in [3.05, 3.63) is 0 Å². The lowest BCUT2D eigenvalue weighted by Crippen LogP contribution is -2.47. The average Bonchev–Trinajstić information content (AvgIpc) is 2.25. The number of hydrogen-bond donors (Lipinski definition) is 1. The molecule has 4 nitrogen and oxygen atoms in total. The van der Waals surface area contributed by atoms with Crippen molar-refractivity contribution in [2.45, 2.75) is 25.8 Å². The van der Waals surface area contributed by atoms with Gasteiger partial charge in [-0.1, -0.05) is 6.92 Å². The van der Waals surface area contributed by atoms with Gasteiger partial charge in [0.05, 0.1) is 0 Å². The van der Waals surface area contributed by atoms with Crippen molar-refractivity contribution < 1.29 is 4.79 Å². The van der Waals surface area contributed by atoms with Gasteiger partial charge in [-0.25, -0.2) is 0 Å². The van der Waals surface area contributed by atoms with Crippen LogP contribution in [0.15, 0.2) is 0 Å². The first kappa shape index (κ1) is 13.5. The van der Waals surface area contributed by atoms with Gasteiger partial charge in [0, 0.05) is 39.6 Å². The molecular weight excluding hydrogens is 202 g/mol. The molecule has 0 spiro atoms. The minimum atomic E-state index is 0.225. The fourth-order valence-electron chi connectivity index (χ4n) is 2.34. The van der Waals surface area contributed by atoms with Gasteiger partial charge in [0.1, 0.15) is 0 Å². The standard InChI is InChI=1S/C12H25N3O/c1-10-9-15(7-5-11(10)13-2)8-6-12(16)14(3)4/h10-11,13H,5-9H2,1-4H3. The van der Waals surface area contributed by atoms with Crippen LogP contribution in [0, 0.1) is 5.92 Å². The molecule has 0 aromatic carbocycles. The molecule has 1 amide bonds. The molecule has 0 aromatic rings. The molecule has 2 atom stereocenters. The number of rotatable bonds is 4. The molecule has 94 valence electrons. The molecular formula is C12H25N3O. The topological polar surface area (TPSA) is 35.6 Å². The van der Waals surface area contributed by atoms with Crippen molar-refractivity contribution in [2.75, 3.05) is 40.8 Å². The first-order chi connectivity index (χ1) is 7.54. The van der Waals surface area contributed by atoms with Crippen LogP contribution in [0.25, 0.3) is 0 Å². The molecule has 0 aliphatic carbocycles.